The standard InChI is InChI=1S/C23H24FN3O4S2/c24-17-4-5-20-15(8-17)2-1-3-16(20)11-27-6-7-31-19(12-27)10-25-21(28)14-33-23-26-18(13-32-23)9-22(29)30/h1-5,8,13,19H,6-7,9-12,14H2,(H,25,28)(H,29,30). The van der Waals surface area contributed by atoms with Crippen LogP contribution in [0.2, 0.25) is 0 Å². The Bertz CT molecular complexity index is 1140. The summed E-state index contributed by atoms with van der Waals surface area (Å²) in [5.41, 5.74) is 1.64. The van der Waals surface area contributed by atoms with Crippen molar-refractivity contribution in [1.29, 1.82) is 0 Å². The van der Waals surface area contributed by atoms with Crippen LogP contribution in [0.15, 0.2) is 46.1 Å². The van der Waals surface area contributed by atoms with Gasteiger partial charge < -0.3 is 15.2 Å². The summed E-state index contributed by atoms with van der Waals surface area (Å²) < 4.78 is 20.0. The molecule has 0 aliphatic carbocycles. The minimum absolute atomic E-state index is 0.109. The van der Waals surface area contributed by atoms with E-state index in [0.717, 1.165) is 29.4 Å². The SMILES string of the molecule is O=C(O)Cc1csc(SCC(=O)NCC2CN(Cc3cccc4cc(F)ccc34)CCO2)n1. The van der Waals surface area contributed by atoms with Crippen LogP contribution in [-0.2, 0) is 27.3 Å². The summed E-state index contributed by atoms with van der Waals surface area (Å²) in [4.78, 5) is 29.5. The van der Waals surface area contributed by atoms with Gasteiger partial charge in [-0.25, -0.2) is 9.37 Å². The molecule has 0 radical (unpaired) electrons. The number of thiazole rings is 1. The molecule has 0 spiro atoms. The lowest BCUT2D eigenvalue weighted by molar-refractivity contribution is -0.136. The number of aliphatic carboxylic acids is 1. The highest BCUT2D eigenvalue weighted by Crippen LogP contribution is 2.23. The monoisotopic (exact) mass is 489 g/mol. The van der Waals surface area contributed by atoms with E-state index in [1.165, 1.54) is 29.2 Å². The highest BCUT2D eigenvalue weighted by atomic mass is 32.2. The number of amides is 1. The van der Waals surface area contributed by atoms with E-state index < -0.39 is 5.97 Å². The fourth-order valence-corrected chi connectivity index (χ4v) is 5.42. The number of carbonyl (C=O) groups is 2. The van der Waals surface area contributed by atoms with Gasteiger partial charge in [0.2, 0.25) is 5.91 Å². The molecule has 0 saturated carbocycles. The maximum absolute atomic E-state index is 13.5. The average molecular weight is 490 g/mol. The number of aromatic nitrogens is 1. The molecule has 174 valence electrons. The van der Waals surface area contributed by atoms with Gasteiger partial charge in [0, 0.05) is 31.6 Å². The Labute approximate surface area is 199 Å². The zero-order chi connectivity index (χ0) is 23.2. The lowest BCUT2D eigenvalue weighted by atomic mass is 10.0. The van der Waals surface area contributed by atoms with Crippen LogP contribution in [-0.4, -0.2) is 65.0 Å². The number of halogens is 1. The molecule has 4 rings (SSSR count). The summed E-state index contributed by atoms with van der Waals surface area (Å²) in [5, 5.41) is 15.4. The maximum atomic E-state index is 13.5. The summed E-state index contributed by atoms with van der Waals surface area (Å²) in [5.74, 6) is -1.07. The molecule has 1 aromatic heterocycles. The largest absolute Gasteiger partial charge is 0.481 e. The molecule has 0 bridgehead atoms. The first-order valence-electron chi connectivity index (χ1n) is 10.5. The second kappa shape index (κ2) is 11.1. The molecule has 2 aromatic carbocycles. The quantitative estimate of drug-likeness (QED) is 0.446. The fraction of sp³-hybridized carbons (Fsp3) is 0.348. The Morgan fingerprint density at radius 1 is 1.33 bits per heavy atom. The van der Waals surface area contributed by atoms with Crippen molar-refractivity contribution >= 4 is 45.7 Å². The number of benzene rings is 2. The van der Waals surface area contributed by atoms with Crippen molar-refractivity contribution in [2.45, 2.75) is 23.4 Å². The third kappa shape index (κ3) is 6.73. The number of fused-ring (bicyclic) bond motifs is 1. The number of hydrogen-bond donors (Lipinski definition) is 2. The lowest BCUT2D eigenvalue weighted by Crippen LogP contribution is -2.47. The molecule has 3 aromatic rings. The molecular weight excluding hydrogens is 465 g/mol. The number of ether oxygens (including phenoxy) is 1. The van der Waals surface area contributed by atoms with Crippen molar-refractivity contribution in [2.75, 3.05) is 32.0 Å². The van der Waals surface area contributed by atoms with E-state index in [1.54, 1.807) is 11.4 Å². The number of nitrogens with zero attached hydrogens (tertiary/aromatic N) is 2. The van der Waals surface area contributed by atoms with E-state index in [4.69, 9.17) is 9.84 Å². The number of hydrogen-bond acceptors (Lipinski definition) is 7. The Balaban J connectivity index is 1.24. The van der Waals surface area contributed by atoms with Gasteiger partial charge in [-0.3, -0.25) is 14.5 Å². The van der Waals surface area contributed by atoms with E-state index >= 15 is 0 Å². The highest BCUT2D eigenvalue weighted by Gasteiger charge is 2.22. The van der Waals surface area contributed by atoms with Gasteiger partial charge in [-0.15, -0.1) is 11.3 Å². The van der Waals surface area contributed by atoms with E-state index in [-0.39, 0.29) is 30.0 Å². The number of morpholine rings is 1. The zero-order valence-corrected chi connectivity index (χ0v) is 19.5. The van der Waals surface area contributed by atoms with E-state index in [0.29, 0.717) is 29.7 Å². The number of carboxylic acids is 1. The second-order valence-electron chi connectivity index (χ2n) is 7.78. The smallest absolute Gasteiger partial charge is 0.309 e. The second-order valence-corrected chi connectivity index (χ2v) is 9.86. The topological polar surface area (TPSA) is 91.8 Å². The van der Waals surface area contributed by atoms with Crippen molar-refractivity contribution in [1.82, 2.24) is 15.2 Å². The van der Waals surface area contributed by atoms with Crippen molar-refractivity contribution in [3.05, 3.63) is 58.9 Å². The third-order valence-electron chi connectivity index (χ3n) is 5.27. The number of carboxylic acid groups (broad SMARTS) is 1. The normalized spacial score (nSPS) is 16.7. The van der Waals surface area contributed by atoms with Crippen molar-refractivity contribution in [3.63, 3.8) is 0 Å². The molecule has 2 heterocycles. The Morgan fingerprint density at radius 2 is 2.21 bits per heavy atom. The summed E-state index contributed by atoms with van der Waals surface area (Å²) in [7, 11) is 0. The molecule has 1 atom stereocenters. The van der Waals surface area contributed by atoms with Crippen LogP contribution < -0.4 is 5.32 Å². The molecule has 1 amide bonds. The Morgan fingerprint density at radius 3 is 3.06 bits per heavy atom. The van der Waals surface area contributed by atoms with Gasteiger partial charge in [0.1, 0.15) is 5.82 Å². The fourth-order valence-electron chi connectivity index (χ4n) is 3.74. The van der Waals surface area contributed by atoms with Crippen molar-refractivity contribution in [2.24, 2.45) is 0 Å². The zero-order valence-electron chi connectivity index (χ0n) is 17.8. The highest BCUT2D eigenvalue weighted by molar-refractivity contribution is 8.01. The molecule has 1 unspecified atom stereocenters. The first-order valence-corrected chi connectivity index (χ1v) is 12.4. The molecular formula is C23H24FN3O4S2. The molecule has 1 saturated heterocycles. The van der Waals surface area contributed by atoms with E-state index in [2.05, 4.69) is 21.3 Å². The van der Waals surface area contributed by atoms with Gasteiger partial charge in [-0.05, 0) is 28.5 Å². The predicted octanol–water partition coefficient (Wildman–Crippen LogP) is 3.17. The van der Waals surface area contributed by atoms with Gasteiger partial charge >= 0.3 is 5.97 Å². The predicted molar refractivity (Wildman–Crippen MR) is 126 cm³/mol. The number of carbonyl (C=O) groups excluding carboxylic acids is 1. The molecule has 7 nitrogen and oxygen atoms in total. The maximum Gasteiger partial charge on any atom is 0.309 e. The van der Waals surface area contributed by atoms with Crippen LogP contribution in [0.4, 0.5) is 4.39 Å². The molecule has 10 heteroatoms. The van der Waals surface area contributed by atoms with Crippen LogP contribution in [0.3, 0.4) is 0 Å². The van der Waals surface area contributed by atoms with Crippen LogP contribution in [0.1, 0.15) is 11.3 Å². The van der Waals surface area contributed by atoms with E-state index in [1.807, 2.05) is 18.2 Å². The molecule has 2 N–H and O–H groups in total. The van der Waals surface area contributed by atoms with Crippen LogP contribution in [0.25, 0.3) is 10.8 Å². The van der Waals surface area contributed by atoms with Crippen molar-refractivity contribution < 1.29 is 23.8 Å². The first kappa shape index (κ1) is 23.6. The third-order valence-corrected chi connectivity index (χ3v) is 7.34. The van der Waals surface area contributed by atoms with Gasteiger partial charge in [0.15, 0.2) is 4.34 Å². The van der Waals surface area contributed by atoms with Gasteiger partial charge in [-0.2, -0.15) is 0 Å². The summed E-state index contributed by atoms with van der Waals surface area (Å²) >= 11 is 2.63. The van der Waals surface area contributed by atoms with E-state index in [9.17, 15) is 14.0 Å². The number of nitrogens with one attached hydrogen (secondary N) is 1. The number of rotatable bonds is 9. The van der Waals surface area contributed by atoms with Gasteiger partial charge in [0.25, 0.3) is 0 Å². The summed E-state index contributed by atoms with van der Waals surface area (Å²) in [6, 6.07) is 10.8. The number of thioether (sulfide) groups is 1. The molecule has 33 heavy (non-hydrogen) atoms. The Kier molecular flexibility index (Phi) is 7.92. The van der Waals surface area contributed by atoms with Crippen LogP contribution >= 0.6 is 23.1 Å². The first-order chi connectivity index (χ1) is 16.0. The molecule has 1 fully saturated rings. The van der Waals surface area contributed by atoms with Gasteiger partial charge in [-0.1, -0.05) is 36.0 Å². The Hall–Kier alpha value is -2.53. The average Bonchev–Trinajstić information content (AvgIpc) is 3.23. The van der Waals surface area contributed by atoms with Gasteiger partial charge in [0.05, 0.1) is 30.6 Å². The minimum atomic E-state index is -0.925. The summed E-state index contributed by atoms with van der Waals surface area (Å²) in [6.45, 7) is 3.21. The summed E-state index contributed by atoms with van der Waals surface area (Å²) in [6.07, 6.45) is -0.226. The van der Waals surface area contributed by atoms with Crippen LogP contribution in [0.5, 0.6) is 0 Å². The van der Waals surface area contributed by atoms with Crippen LogP contribution in [0, 0.1) is 5.82 Å². The van der Waals surface area contributed by atoms with Crippen molar-refractivity contribution in [3.8, 4) is 0 Å². The molecule has 1 aliphatic heterocycles. The minimum Gasteiger partial charge on any atom is -0.481 e. The molecule has 1 aliphatic rings. The lowest BCUT2D eigenvalue weighted by Gasteiger charge is -2.33.